The number of hydrogen-bond acceptors (Lipinski definition) is 5. The third-order valence-corrected chi connectivity index (χ3v) is 6.05. The van der Waals surface area contributed by atoms with E-state index in [-0.39, 0.29) is 0 Å². The third kappa shape index (κ3) is 3.33. The number of hydrazine groups is 1. The van der Waals surface area contributed by atoms with Crippen LogP contribution < -0.4 is 10.2 Å². The number of methoxy groups -OCH3 is 1. The number of halogens is 1. The van der Waals surface area contributed by atoms with Crippen molar-refractivity contribution in [3.05, 3.63) is 69.8 Å². The molecular formula is C21H20ClN3OS. The number of anilines is 1. The maximum atomic E-state index is 6.56. The molecular weight excluding hydrogens is 378 g/mol. The molecule has 0 fully saturated rings. The Hall–Kier alpha value is -2.37. The van der Waals surface area contributed by atoms with Crippen LogP contribution in [0, 0.1) is 6.92 Å². The average molecular weight is 398 g/mol. The number of rotatable bonds is 4. The first-order chi connectivity index (χ1) is 13.1. The second-order valence-corrected chi connectivity index (χ2v) is 7.98. The van der Waals surface area contributed by atoms with E-state index in [0.717, 1.165) is 39.3 Å². The second kappa shape index (κ2) is 7.33. The van der Waals surface area contributed by atoms with Gasteiger partial charge in [0.15, 0.2) is 0 Å². The Bertz CT molecular complexity index is 1050. The van der Waals surface area contributed by atoms with E-state index >= 15 is 0 Å². The Balaban J connectivity index is 1.74. The molecule has 1 aliphatic heterocycles. The molecule has 0 atom stereocenters. The topological polar surface area (TPSA) is 37.4 Å². The zero-order chi connectivity index (χ0) is 19.0. The summed E-state index contributed by atoms with van der Waals surface area (Å²) >= 11 is 8.36. The van der Waals surface area contributed by atoms with Gasteiger partial charge in [-0.05, 0) is 43.7 Å². The van der Waals surface area contributed by atoms with Gasteiger partial charge in [0.1, 0.15) is 5.75 Å². The first-order valence-corrected chi connectivity index (χ1v) is 10.00. The molecule has 1 aromatic heterocycles. The molecule has 0 unspecified atom stereocenters. The highest BCUT2D eigenvalue weighted by atomic mass is 35.5. The average Bonchev–Trinajstić information content (AvgIpc) is 3.04. The third-order valence-electron chi connectivity index (χ3n) is 4.72. The predicted octanol–water partition coefficient (Wildman–Crippen LogP) is 5.93. The minimum Gasteiger partial charge on any atom is -0.497 e. The van der Waals surface area contributed by atoms with Crippen molar-refractivity contribution in [1.29, 1.82) is 0 Å². The Kier molecular flexibility index (Phi) is 4.89. The highest BCUT2D eigenvalue weighted by Gasteiger charge is 2.25. The van der Waals surface area contributed by atoms with Crippen LogP contribution in [0.5, 0.6) is 5.75 Å². The Morgan fingerprint density at radius 1 is 1.19 bits per heavy atom. The molecule has 27 heavy (non-hydrogen) atoms. The number of benzene rings is 2. The maximum Gasteiger partial charge on any atom is 0.120 e. The molecule has 0 bridgehead atoms. The van der Waals surface area contributed by atoms with Crippen molar-refractivity contribution in [2.24, 2.45) is 0 Å². The molecule has 2 aromatic carbocycles. The van der Waals surface area contributed by atoms with E-state index in [1.54, 1.807) is 18.9 Å². The summed E-state index contributed by atoms with van der Waals surface area (Å²) < 4.78 is 5.29. The predicted molar refractivity (Wildman–Crippen MR) is 115 cm³/mol. The van der Waals surface area contributed by atoms with Crippen molar-refractivity contribution in [2.75, 3.05) is 18.4 Å². The fourth-order valence-corrected chi connectivity index (χ4v) is 4.42. The van der Waals surface area contributed by atoms with Crippen molar-refractivity contribution in [1.82, 2.24) is 9.99 Å². The number of ether oxygens (including phenoxy) is 1. The summed E-state index contributed by atoms with van der Waals surface area (Å²) in [7, 11) is 1.65. The lowest BCUT2D eigenvalue weighted by molar-refractivity contribution is 0.414. The lowest BCUT2D eigenvalue weighted by atomic mass is 10.1. The maximum absolute atomic E-state index is 6.56. The van der Waals surface area contributed by atoms with Gasteiger partial charge in [0.25, 0.3) is 0 Å². The molecule has 0 saturated heterocycles. The summed E-state index contributed by atoms with van der Waals surface area (Å²) in [5.41, 5.74) is 7.99. The molecule has 3 aromatic rings. The number of aromatic nitrogens is 1. The van der Waals surface area contributed by atoms with Gasteiger partial charge in [-0.1, -0.05) is 23.7 Å². The zero-order valence-electron chi connectivity index (χ0n) is 15.4. The summed E-state index contributed by atoms with van der Waals surface area (Å²) in [5.74, 6) is 1.56. The van der Waals surface area contributed by atoms with Crippen LogP contribution in [0.3, 0.4) is 0 Å². The highest BCUT2D eigenvalue weighted by molar-refractivity contribution is 8.03. The minimum atomic E-state index is 0.678. The van der Waals surface area contributed by atoms with E-state index in [4.69, 9.17) is 16.3 Å². The van der Waals surface area contributed by atoms with E-state index in [1.807, 2.05) is 36.7 Å². The fourth-order valence-electron chi connectivity index (χ4n) is 3.28. The molecule has 0 radical (unpaired) electrons. The normalized spacial score (nSPS) is 14.1. The number of thioether (sulfide) groups is 1. The number of fused-ring (bicyclic) bond motifs is 1. The van der Waals surface area contributed by atoms with Crippen LogP contribution in [0.1, 0.15) is 18.1 Å². The van der Waals surface area contributed by atoms with Gasteiger partial charge in [0.2, 0.25) is 0 Å². The van der Waals surface area contributed by atoms with E-state index < -0.39 is 0 Å². The Morgan fingerprint density at radius 2 is 2.04 bits per heavy atom. The molecule has 0 amide bonds. The van der Waals surface area contributed by atoms with E-state index in [1.165, 1.54) is 10.5 Å². The van der Waals surface area contributed by atoms with E-state index in [9.17, 15) is 0 Å². The van der Waals surface area contributed by atoms with Crippen LogP contribution in [0.25, 0.3) is 16.5 Å². The first kappa shape index (κ1) is 18.0. The van der Waals surface area contributed by atoms with Gasteiger partial charge < -0.3 is 4.74 Å². The lowest BCUT2D eigenvalue weighted by Gasteiger charge is -2.26. The molecule has 4 nitrogen and oxygen atoms in total. The molecule has 0 spiro atoms. The summed E-state index contributed by atoms with van der Waals surface area (Å²) in [4.78, 5) is 5.46. The van der Waals surface area contributed by atoms with Crippen LogP contribution in [0.15, 0.2) is 53.7 Å². The second-order valence-electron chi connectivity index (χ2n) is 6.42. The monoisotopic (exact) mass is 397 g/mol. The van der Waals surface area contributed by atoms with Crippen molar-refractivity contribution >= 4 is 45.5 Å². The number of hydrogen-bond donors (Lipinski definition) is 1. The quantitative estimate of drug-likeness (QED) is 0.590. The number of nitrogens with zero attached hydrogens (tertiary/aromatic N) is 2. The SMILES string of the molecule is COc1ccc(C2=C(C)SCN2Nc2c(C)ccc3cnccc23)c(Cl)c1. The van der Waals surface area contributed by atoms with Crippen LogP contribution >= 0.6 is 23.4 Å². The molecule has 6 heteroatoms. The molecule has 0 aliphatic carbocycles. The molecule has 1 N–H and O–H groups in total. The van der Waals surface area contributed by atoms with E-state index in [0.29, 0.717) is 5.02 Å². The number of pyridine rings is 1. The molecule has 2 heterocycles. The van der Waals surface area contributed by atoms with Crippen LogP contribution in [-0.4, -0.2) is 23.0 Å². The van der Waals surface area contributed by atoms with Crippen LogP contribution in [0.4, 0.5) is 5.69 Å². The summed E-state index contributed by atoms with van der Waals surface area (Å²) in [6, 6.07) is 12.1. The standard InChI is InChI=1S/C21H20ClN3OS/c1-13-4-5-15-11-23-9-8-17(15)20(13)24-25-12-27-14(2)21(25)18-7-6-16(26-3)10-19(18)22/h4-11,24H,12H2,1-3H3. The Morgan fingerprint density at radius 3 is 2.81 bits per heavy atom. The largest absolute Gasteiger partial charge is 0.497 e. The minimum absolute atomic E-state index is 0.678. The van der Waals surface area contributed by atoms with Crippen LogP contribution in [0.2, 0.25) is 5.02 Å². The van der Waals surface area contributed by atoms with Crippen molar-refractivity contribution in [3.63, 3.8) is 0 Å². The summed E-state index contributed by atoms with van der Waals surface area (Å²) in [6.07, 6.45) is 3.72. The number of aryl methyl sites for hydroxylation is 1. The van der Waals surface area contributed by atoms with Gasteiger partial charge in [0, 0.05) is 33.6 Å². The first-order valence-electron chi connectivity index (χ1n) is 8.63. The summed E-state index contributed by atoms with van der Waals surface area (Å²) in [6.45, 7) is 4.24. The summed E-state index contributed by atoms with van der Waals surface area (Å²) in [5, 5.41) is 5.11. The molecule has 4 rings (SSSR count). The van der Waals surface area contributed by atoms with Gasteiger partial charge in [-0.15, -0.1) is 11.8 Å². The van der Waals surface area contributed by atoms with Crippen molar-refractivity contribution < 1.29 is 4.74 Å². The molecule has 1 aliphatic rings. The van der Waals surface area contributed by atoms with Gasteiger partial charge in [-0.2, -0.15) is 0 Å². The highest BCUT2D eigenvalue weighted by Crippen LogP contribution is 2.41. The zero-order valence-corrected chi connectivity index (χ0v) is 17.0. The lowest BCUT2D eigenvalue weighted by Crippen LogP contribution is -2.26. The van der Waals surface area contributed by atoms with Gasteiger partial charge in [-0.3, -0.25) is 15.4 Å². The van der Waals surface area contributed by atoms with Crippen LogP contribution in [-0.2, 0) is 0 Å². The molecule has 138 valence electrons. The van der Waals surface area contributed by atoms with Gasteiger partial charge >= 0.3 is 0 Å². The van der Waals surface area contributed by atoms with Gasteiger partial charge in [-0.25, -0.2) is 0 Å². The Labute approximate surface area is 168 Å². The number of nitrogens with one attached hydrogen (secondary N) is 1. The number of allylic oxidation sites excluding steroid dienone is 1. The van der Waals surface area contributed by atoms with Crippen molar-refractivity contribution in [2.45, 2.75) is 13.8 Å². The van der Waals surface area contributed by atoms with E-state index in [2.05, 4.69) is 41.4 Å². The smallest absolute Gasteiger partial charge is 0.120 e. The van der Waals surface area contributed by atoms with Gasteiger partial charge in [0.05, 0.1) is 29.4 Å². The fraction of sp³-hybridized carbons (Fsp3) is 0.190. The molecule has 0 saturated carbocycles. The van der Waals surface area contributed by atoms with Crippen molar-refractivity contribution in [3.8, 4) is 5.75 Å².